The van der Waals surface area contributed by atoms with Crippen molar-refractivity contribution in [1.82, 2.24) is 9.97 Å². The highest BCUT2D eigenvalue weighted by Gasteiger charge is 2.31. The molecule has 0 bridgehead atoms. The van der Waals surface area contributed by atoms with Crippen LogP contribution >= 0.6 is 11.6 Å². The van der Waals surface area contributed by atoms with E-state index in [0.717, 1.165) is 0 Å². The predicted molar refractivity (Wildman–Crippen MR) is 104 cm³/mol. The number of nitrogens with zero attached hydrogens (tertiary/aromatic N) is 3. The summed E-state index contributed by atoms with van der Waals surface area (Å²) in [6, 6.07) is 6.98. The number of anilines is 3. The Balaban J connectivity index is 1.88. The van der Waals surface area contributed by atoms with Crippen LogP contribution in [0.2, 0.25) is 5.02 Å². The molecule has 1 aromatic heterocycles. The van der Waals surface area contributed by atoms with Gasteiger partial charge in [-0.2, -0.15) is 0 Å². The number of sulfone groups is 1. The van der Waals surface area contributed by atoms with Crippen LogP contribution < -0.4 is 15.0 Å². The zero-order valence-corrected chi connectivity index (χ0v) is 16.4. The molecular weight excluding hydrogens is 376 g/mol. The Morgan fingerprint density at radius 1 is 1.31 bits per heavy atom. The zero-order valence-electron chi connectivity index (χ0n) is 14.9. The van der Waals surface area contributed by atoms with Gasteiger partial charge in [-0.05, 0) is 31.5 Å². The molecule has 1 aromatic carbocycles. The molecule has 1 saturated heterocycles. The van der Waals surface area contributed by atoms with Crippen molar-refractivity contribution in [2.45, 2.75) is 19.4 Å². The predicted octanol–water partition coefficient (Wildman–Crippen LogP) is 2.81. The van der Waals surface area contributed by atoms with Crippen molar-refractivity contribution >= 4 is 38.8 Å². The Hall–Kier alpha value is -2.06. The van der Waals surface area contributed by atoms with E-state index in [0.29, 0.717) is 40.3 Å². The maximum Gasteiger partial charge on any atom is 0.152 e. The Morgan fingerprint density at radius 3 is 2.73 bits per heavy atom. The lowest BCUT2D eigenvalue weighted by Gasteiger charge is -2.25. The fourth-order valence-corrected chi connectivity index (χ4v) is 4.93. The summed E-state index contributed by atoms with van der Waals surface area (Å²) in [6.45, 7) is 1.79. The molecule has 0 radical (unpaired) electrons. The van der Waals surface area contributed by atoms with Gasteiger partial charge in [0.1, 0.15) is 23.2 Å². The maximum atomic E-state index is 11.8. The minimum absolute atomic E-state index is 0.0807. The molecule has 140 valence electrons. The van der Waals surface area contributed by atoms with Crippen molar-refractivity contribution in [3.05, 3.63) is 35.1 Å². The number of rotatable bonds is 5. The molecule has 0 spiro atoms. The second-order valence-electron chi connectivity index (χ2n) is 6.30. The summed E-state index contributed by atoms with van der Waals surface area (Å²) < 4.78 is 28.9. The van der Waals surface area contributed by atoms with Crippen LogP contribution in [0, 0.1) is 6.92 Å². The van der Waals surface area contributed by atoms with Gasteiger partial charge < -0.3 is 15.0 Å². The lowest BCUT2D eigenvalue weighted by molar-refractivity contribution is 0.417. The first kappa shape index (κ1) is 18.7. The van der Waals surface area contributed by atoms with Crippen LogP contribution in [0.15, 0.2) is 24.3 Å². The van der Waals surface area contributed by atoms with E-state index in [4.69, 9.17) is 16.3 Å². The standard InChI is InChI=1S/C17H21ClN4O3S/c1-11-19-16(21-14-8-12(18)4-5-15(14)25-3)9-17(20-11)22(2)13-6-7-26(23,24)10-13/h4-5,8-9,13H,6-7,10H2,1-3H3,(H,19,20,21). The summed E-state index contributed by atoms with van der Waals surface area (Å²) in [5, 5.41) is 3.78. The smallest absolute Gasteiger partial charge is 0.152 e. The van der Waals surface area contributed by atoms with Crippen LogP contribution in [0.1, 0.15) is 12.2 Å². The number of hydrogen-bond acceptors (Lipinski definition) is 7. The molecule has 9 heteroatoms. The first-order chi connectivity index (χ1) is 12.3. The van der Waals surface area contributed by atoms with Crippen molar-refractivity contribution < 1.29 is 13.2 Å². The monoisotopic (exact) mass is 396 g/mol. The number of methoxy groups -OCH3 is 1. The lowest BCUT2D eigenvalue weighted by atomic mass is 10.2. The summed E-state index contributed by atoms with van der Waals surface area (Å²) in [4.78, 5) is 10.8. The van der Waals surface area contributed by atoms with Crippen molar-refractivity contribution in [2.24, 2.45) is 0 Å². The third-order valence-electron chi connectivity index (χ3n) is 4.37. The van der Waals surface area contributed by atoms with E-state index in [9.17, 15) is 8.42 Å². The zero-order chi connectivity index (χ0) is 18.9. The normalized spacial score (nSPS) is 18.5. The van der Waals surface area contributed by atoms with Crippen LogP contribution in [-0.4, -0.2) is 50.1 Å². The molecule has 3 rings (SSSR count). The quantitative estimate of drug-likeness (QED) is 0.831. The number of aryl methyl sites for hydroxylation is 1. The third kappa shape index (κ3) is 4.19. The highest BCUT2D eigenvalue weighted by Crippen LogP contribution is 2.31. The Morgan fingerprint density at radius 2 is 2.08 bits per heavy atom. The highest BCUT2D eigenvalue weighted by molar-refractivity contribution is 7.91. The van der Waals surface area contributed by atoms with Gasteiger partial charge in [0.25, 0.3) is 0 Å². The van der Waals surface area contributed by atoms with Crippen molar-refractivity contribution in [2.75, 3.05) is 35.9 Å². The molecular formula is C17H21ClN4O3S. The first-order valence-electron chi connectivity index (χ1n) is 8.17. The van der Waals surface area contributed by atoms with Gasteiger partial charge in [-0.25, -0.2) is 18.4 Å². The minimum atomic E-state index is -2.96. The molecule has 0 amide bonds. The molecule has 1 aliphatic heterocycles. The van der Waals surface area contributed by atoms with Gasteiger partial charge in [-0.1, -0.05) is 11.6 Å². The number of nitrogens with one attached hydrogen (secondary N) is 1. The van der Waals surface area contributed by atoms with E-state index in [1.807, 2.05) is 11.9 Å². The Labute approximate surface area is 158 Å². The second kappa shape index (κ2) is 7.28. The molecule has 26 heavy (non-hydrogen) atoms. The fourth-order valence-electron chi connectivity index (χ4n) is 2.98. The molecule has 7 nitrogen and oxygen atoms in total. The van der Waals surface area contributed by atoms with Crippen LogP contribution in [0.4, 0.5) is 17.3 Å². The number of halogens is 1. The molecule has 1 aliphatic rings. The maximum absolute atomic E-state index is 11.8. The van der Waals surface area contributed by atoms with E-state index >= 15 is 0 Å². The Kier molecular flexibility index (Phi) is 5.24. The summed E-state index contributed by atoms with van der Waals surface area (Å²) >= 11 is 6.07. The van der Waals surface area contributed by atoms with Crippen LogP contribution in [0.25, 0.3) is 0 Å². The molecule has 2 aromatic rings. The summed E-state index contributed by atoms with van der Waals surface area (Å²) in [6.07, 6.45) is 0.604. The number of hydrogen-bond donors (Lipinski definition) is 1. The Bertz CT molecular complexity index is 920. The van der Waals surface area contributed by atoms with E-state index in [2.05, 4.69) is 15.3 Å². The number of benzene rings is 1. The lowest BCUT2D eigenvalue weighted by Crippen LogP contribution is -2.33. The summed E-state index contributed by atoms with van der Waals surface area (Å²) in [5.74, 6) is 2.85. The van der Waals surface area contributed by atoms with Crippen LogP contribution in [-0.2, 0) is 9.84 Å². The molecule has 0 aliphatic carbocycles. The summed E-state index contributed by atoms with van der Waals surface area (Å²) in [7, 11) is 0.478. The molecule has 1 N–H and O–H groups in total. The van der Waals surface area contributed by atoms with Crippen molar-refractivity contribution in [3.63, 3.8) is 0 Å². The largest absolute Gasteiger partial charge is 0.495 e. The number of aromatic nitrogens is 2. The SMILES string of the molecule is COc1ccc(Cl)cc1Nc1cc(N(C)C2CCS(=O)(=O)C2)nc(C)n1. The third-order valence-corrected chi connectivity index (χ3v) is 6.35. The average Bonchev–Trinajstić information content (AvgIpc) is 2.94. The molecule has 0 saturated carbocycles. The topological polar surface area (TPSA) is 84.4 Å². The van der Waals surface area contributed by atoms with Gasteiger partial charge >= 0.3 is 0 Å². The van der Waals surface area contributed by atoms with E-state index in [-0.39, 0.29) is 17.5 Å². The molecule has 1 unspecified atom stereocenters. The van der Waals surface area contributed by atoms with Crippen LogP contribution in [0.5, 0.6) is 5.75 Å². The number of ether oxygens (including phenoxy) is 1. The van der Waals surface area contributed by atoms with Gasteiger partial charge in [0.05, 0.1) is 24.3 Å². The molecule has 2 heterocycles. The minimum Gasteiger partial charge on any atom is -0.495 e. The van der Waals surface area contributed by atoms with E-state index < -0.39 is 9.84 Å². The average molecular weight is 397 g/mol. The van der Waals surface area contributed by atoms with Crippen molar-refractivity contribution in [3.8, 4) is 5.75 Å². The molecule has 1 fully saturated rings. The van der Waals surface area contributed by atoms with Gasteiger partial charge in [0.15, 0.2) is 9.84 Å². The van der Waals surface area contributed by atoms with Gasteiger partial charge in [0, 0.05) is 24.2 Å². The fraction of sp³-hybridized carbons (Fsp3) is 0.412. The first-order valence-corrected chi connectivity index (χ1v) is 10.4. The van der Waals surface area contributed by atoms with E-state index in [1.54, 1.807) is 38.3 Å². The van der Waals surface area contributed by atoms with Crippen LogP contribution in [0.3, 0.4) is 0 Å². The van der Waals surface area contributed by atoms with Gasteiger partial charge in [0.2, 0.25) is 0 Å². The van der Waals surface area contributed by atoms with Gasteiger partial charge in [-0.3, -0.25) is 0 Å². The highest BCUT2D eigenvalue weighted by atomic mass is 35.5. The van der Waals surface area contributed by atoms with Gasteiger partial charge in [-0.15, -0.1) is 0 Å². The van der Waals surface area contributed by atoms with Crippen molar-refractivity contribution in [1.29, 1.82) is 0 Å². The molecule has 1 atom stereocenters. The second-order valence-corrected chi connectivity index (χ2v) is 8.96. The summed E-state index contributed by atoms with van der Waals surface area (Å²) in [5.41, 5.74) is 0.690. The van der Waals surface area contributed by atoms with E-state index in [1.165, 1.54) is 0 Å².